The monoisotopic (exact) mass is 382 g/mol. The van der Waals surface area contributed by atoms with Gasteiger partial charge in [-0.05, 0) is 43.9 Å². The number of benzene rings is 2. The van der Waals surface area contributed by atoms with Gasteiger partial charge < -0.3 is 15.1 Å². The predicted molar refractivity (Wildman–Crippen MR) is 118 cm³/mol. The smallest absolute Gasteiger partial charge is 0.0944 e. The molecule has 2 aromatic carbocycles. The fourth-order valence-electron chi connectivity index (χ4n) is 4.47. The van der Waals surface area contributed by atoms with Gasteiger partial charge in [-0.15, -0.1) is 0 Å². The molecule has 2 aliphatic carbocycles. The van der Waals surface area contributed by atoms with Gasteiger partial charge in [0.1, 0.15) is 0 Å². The van der Waals surface area contributed by atoms with Gasteiger partial charge in [0.15, 0.2) is 0 Å². The van der Waals surface area contributed by atoms with E-state index in [1.165, 1.54) is 36.8 Å². The van der Waals surface area contributed by atoms with Crippen molar-refractivity contribution in [1.82, 2.24) is 15.2 Å². The van der Waals surface area contributed by atoms with E-state index in [9.17, 15) is 0 Å². The summed E-state index contributed by atoms with van der Waals surface area (Å²) < 4.78 is 0. The summed E-state index contributed by atoms with van der Waals surface area (Å²) in [7, 11) is 0. The molecule has 1 aliphatic heterocycles. The Bertz CT molecular complexity index is 1050. The Morgan fingerprint density at radius 2 is 1.69 bits per heavy atom. The highest BCUT2D eigenvalue weighted by molar-refractivity contribution is 5.85. The highest BCUT2D eigenvalue weighted by Crippen LogP contribution is 2.33. The second-order valence-electron chi connectivity index (χ2n) is 8.63. The summed E-state index contributed by atoms with van der Waals surface area (Å²) in [5.74, 6) is 0. The Labute approximate surface area is 171 Å². The lowest BCUT2D eigenvalue weighted by Gasteiger charge is -2.42. The molecule has 0 saturated heterocycles. The maximum absolute atomic E-state index is 4.93. The van der Waals surface area contributed by atoms with Crippen molar-refractivity contribution in [3.63, 3.8) is 0 Å². The Morgan fingerprint density at radius 3 is 2.52 bits per heavy atom. The molecule has 0 amide bonds. The lowest BCUT2D eigenvalue weighted by molar-refractivity contribution is 0.148. The van der Waals surface area contributed by atoms with Gasteiger partial charge in [0.2, 0.25) is 0 Å². The van der Waals surface area contributed by atoms with E-state index in [4.69, 9.17) is 4.98 Å². The van der Waals surface area contributed by atoms with Crippen LogP contribution in [0, 0.1) is 0 Å². The molecule has 29 heavy (non-hydrogen) atoms. The normalized spacial score (nSPS) is 23.6. The van der Waals surface area contributed by atoms with Crippen LogP contribution in [-0.4, -0.2) is 34.7 Å². The van der Waals surface area contributed by atoms with Crippen LogP contribution in [0.3, 0.4) is 0 Å². The average Bonchev–Trinajstić information content (AvgIpc) is 3.44. The molecule has 0 atom stereocenters. The first-order valence-electron chi connectivity index (χ1n) is 10.7. The van der Waals surface area contributed by atoms with Crippen molar-refractivity contribution in [1.29, 1.82) is 0 Å². The first-order valence-corrected chi connectivity index (χ1v) is 10.7. The number of nitrogens with one attached hydrogen (secondary N) is 1. The molecule has 2 fully saturated rings. The van der Waals surface area contributed by atoms with Gasteiger partial charge in [0, 0.05) is 47.2 Å². The van der Waals surface area contributed by atoms with Crippen molar-refractivity contribution in [3.05, 3.63) is 73.1 Å². The molecule has 3 aromatic rings. The maximum Gasteiger partial charge on any atom is 0.0944 e. The molecule has 2 saturated carbocycles. The summed E-state index contributed by atoms with van der Waals surface area (Å²) in [4.78, 5) is 9.75. The van der Waals surface area contributed by atoms with Crippen molar-refractivity contribution in [2.75, 3.05) is 11.6 Å². The van der Waals surface area contributed by atoms with E-state index in [0.29, 0.717) is 6.04 Å². The van der Waals surface area contributed by atoms with E-state index in [-0.39, 0.29) is 0 Å². The van der Waals surface area contributed by atoms with Gasteiger partial charge in [0.05, 0.1) is 17.9 Å². The fraction of sp³-hybridized carbons (Fsp3) is 0.320. The molecule has 4 heteroatoms. The Morgan fingerprint density at radius 1 is 0.862 bits per heavy atom. The zero-order valence-electron chi connectivity index (χ0n) is 16.5. The van der Waals surface area contributed by atoms with Gasteiger partial charge in [-0.2, -0.15) is 0 Å². The zero-order chi connectivity index (χ0) is 19.2. The summed E-state index contributed by atoms with van der Waals surface area (Å²) >= 11 is 0. The minimum Gasteiger partial charge on any atom is -0.355 e. The van der Waals surface area contributed by atoms with E-state index in [2.05, 4.69) is 82.1 Å². The quantitative estimate of drug-likeness (QED) is 0.691. The molecule has 3 aliphatic rings. The largest absolute Gasteiger partial charge is 0.355 e. The molecule has 4 nitrogen and oxygen atoms in total. The van der Waals surface area contributed by atoms with Crippen LogP contribution in [0.25, 0.3) is 22.2 Å². The summed E-state index contributed by atoms with van der Waals surface area (Å²) in [6.07, 6.45) is 9.77. The number of rotatable bonds is 5. The SMILES string of the molecule is C1=CN(C2CC(NC3CC3)C2)CN1c1ccc2ccc(-c3ccccc3)nc2c1. The van der Waals surface area contributed by atoms with Crippen LogP contribution in [0.2, 0.25) is 0 Å². The van der Waals surface area contributed by atoms with E-state index in [0.717, 1.165) is 35.5 Å². The molecular weight excluding hydrogens is 356 g/mol. The van der Waals surface area contributed by atoms with Crippen molar-refractivity contribution < 1.29 is 0 Å². The molecule has 146 valence electrons. The van der Waals surface area contributed by atoms with Gasteiger partial charge in [-0.25, -0.2) is 4.98 Å². The molecule has 6 rings (SSSR count). The summed E-state index contributed by atoms with van der Waals surface area (Å²) in [6, 6.07) is 23.5. The van der Waals surface area contributed by atoms with Gasteiger partial charge in [-0.1, -0.05) is 42.5 Å². The van der Waals surface area contributed by atoms with Crippen molar-refractivity contribution in [3.8, 4) is 11.3 Å². The van der Waals surface area contributed by atoms with E-state index in [1.807, 2.05) is 6.07 Å². The van der Waals surface area contributed by atoms with Crippen LogP contribution in [0.4, 0.5) is 5.69 Å². The molecule has 1 N–H and O–H groups in total. The van der Waals surface area contributed by atoms with Gasteiger partial charge >= 0.3 is 0 Å². The Balaban J connectivity index is 1.17. The molecule has 0 bridgehead atoms. The Hall–Kier alpha value is -2.85. The molecule has 0 spiro atoms. The van der Waals surface area contributed by atoms with E-state index in [1.54, 1.807) is 0 Å². The van der Waals surface area contributed by atoms with Crippen LogP contribution in [-0.2, 0) is 0 Å². The second-order valence-corrected chi connectivity index (χ2v) is 8.63. The number of aromatic nitrogens is 1. The van der Waals surface area contributed by atoms with E-state index >= 15 is 0 Å². The maximum atomic E-state index is 4.93. The number of nitrogens with zero attached hydrogens (tertiary/aromatic N) is 3. The summed E-state index contributed by atoms with van der Waals surface area (Å²) in [5.41, 5.74) is 4.44. The molecular formula is C25H26N4. The van der Waals surface area contributed by atoms with Crippen molar-refractivity contribution in [2.45, 2.75) is 43.8 Å². The van der Waals surface area contributed by atoms with Crippen LogP contribution in [0.1, 0.15) is 25.7 Å². The lowest BCUT2D eigenvalue weighted by atomic mass is 9.86. The lowest BCUT2D eigenvalue weighted by Crippen LogP contribution is -2.52. The topological polar surface area (TPSA) is 31.4 Å². The van der Waals surface area contributed by atoms with E-state index < -0.39 is 0 Å². The van der Waals surface area contributed by atoms with Gasteiger partial charge in [-0.3, -0.25) is 0 Å². The zero-order valence-corrected chi connectivity index (χ0v) is 16.5. The number of hydrogen-bond donors (Lipinski definition) is 1. The number of anilines is 1. The number of fused-ring (bicyclic) bond motifs is 1. The predicted octanol–water partition coefficient (Wildman–Crippen LogP) is 4.74. The third-order valence-electron chi connectivity index (χ3n) is 6.46. The van der Waals surface area contributed by atoms with Crippen LogP contribution in [0.5, 0.6) is 0 Å². The summed E-state index contributed by atoms with van der Waals surface area (Å²) in [5, 5.41) is 4.93. The van der Waals surface area contributed by atoms with Crippen molar-refractivity contribution >= 4 is 16.6 Å². The van der Waals surface area contributed by atoms with Crippen LogP contribution in [0.15, 0.2) is 73.1 Å². The molecule has 0 unspecified atom stereocenters. The van der Waals surface area contributed by atoms with Gasteiger partial charge in [0.25, 0.3) is 0 Å². The molecule has 2 heterocycles. The standard InChI is InChI=1S/C25H26N4/c1-2-4-18(5-3-1)24-11-7-19-6-10-22(16-25(19)27-24)28-12-13-29(17-28)23-14-21(15-23)26-20-8-9-20/h1-7,10-13,16,20-21,23,26H,8-9,14-15,17H2. The number of hydrogen-bond acceptors (Lipinski definition) is 4. The second kappa shape index (κ2) is 6.89. The summed E-state index contributed by atoms with van der Waals surface area (Å²) in [6.45, 7) is 0.935. The third kappa shape index (κ3) is 3.38. The minimum atomic E-state index is 0.677. The van der Waals surface area contributed by atoms with Crippen molar-refractivity contribution in [2.24, 2.45) is 0 Å². The molecule has 0 radical (unpaired) electrons. The van der Waals surface area contributed by atoms with Crippen LogP contribution >= 0.6 is 0 Å². The van der Waals surface area contributed by atoms with Crippen LogP contribution < -0.4 is 10.2 Å². The first-order chi connectivity index (χ1) is 14.3. The average molecular weight is 383 g/mol. The highest BCUT2D eigenvalue weighted by Gasteiger charge is 2.37. The number of pyridine rings is 1. The fourth-order valence-corrected chi connectivity index (χ4v) is 4.47. The Kier molecular flexibility index (Phi) is 4.05. The first kappa shape index (κ1) is 17.0. The minimum absolute atomic E-state index is 0.677. The molecule has 1 aromatic heterocycles. The third-order valence-corrected chi connectivity index (χ3v) is 6.46. The highest BCUT2D eigenvalue weighted by atomic mass is 15.4.